The summed E-state index contributed by atoms with van der Waals surface area (Å²) in [6.45, 7) is 4.21. The second-order valence-corrected chi connectivity index (χ2v) is 13.1. The monoisotopic (exact) mass is 599 g/mol. The van der Waals surface area contributed by atoms with Crippen LogP contribution < -0.4 is 9.64 Å². The summed E-state index contributed by atoms with van der Waals surface area (Å²) in [6, 6.07) is 19.0. The first-order chi connectivity index (χ1) is 19.7. The summed E-state index contributed by atoms with van der Waals surface area (Å²) in [5.41, 5.74) is 2.21. The van der Waals surface area contributed by atoms with Crippen LogP contribution in [-0.4, -0.2) is 69.4 Å². The van der Waals surface area contributed by atoms with Gasteiger partial charge in [0.2, 0.25) is 10.0 Å². The van der Waals surface area contributed by atoms with E-state index in [-0.39, 0.29) is 27.4 Å². The molecule has 5 rings (SSSR count). The molecule has 1 amide bonds. The average molecular weight is 600 g/mol. The third-order valence-electron chi connectivity index (χ3n) is 8.11. The van der Waals surface area contributed by atoms with Crippen LogP contribution in [0.5, 0.6) is 5.75 Å². The minimum atomic E-state index is -3.69. The van der Waals surface area contributed by atoms with Gasteiger partial charge in [0, 0.05) is 38.8 Å². The van der Waals surface area contributed by atoms with Gasteiger partial charge in [0.25, 0.3) is 5.91 Å². The number of sulfonamides is 1. The van der Waals surface area contributed by atoms with E-state index in [1.165, 1.54) is 17.7 Å². The zero-order valence-electron chi connectivity index (χ0n) is 23.3. The van der Waals surface area contributed by atoms with Gasteiger partial charge in [0.1, 0.15) is 11.6 Å². The minimum Gasteiger partial charge on any atom is -0.495 e. The molecular weight excluding hydrogens is 565 g/mol. The van der Waals surface area contributed by atoms with Crippen molar-refractivity contribution in [2.75, 3.05) is 44.7 Å². The molecule has 1 atom stereocenters. The summed E-state index contributed by atoms with van der Waals surface area (Å²) in [5, 5.41) is 0.0776. The second-order valence-electron chi connectivity index (χ2n) is 10.8. The van der Waals surface area contributed by atoms with Crippen molar-refractivity contribution in [1.82, 2.24) is 9.21 Å². The highest BCUT2D eigenvalue weighted by Crippen LogP contribution is 2.35. The summed E-state index contributed by atoms with van der Waals surface area (Å²) in [5.74, 6) is 0.266. The van der Waals surface area contributed by atoms with Crippen molar-refractivity contribution in [2.45, 2.75) is 37.1 Å². The minimum absolute atomic E-state index is 0.0776. The van der Waals surface area contributed by atoms with Crippen molar-refractivity contribution >= 4 is 33.2 Å². The van der Waals surface area contributed by atoms with Crippen molar-refractivity contribution in [3.63, 3.8) is 0 Å². The summed E-state index contributed by atoms with van der Waals surface area (Å²) in [6.07, 6.45) is 2.60. The van der Waals surface area contributed by atoms with Crippen LogP contribution in [-0.2, 0) is 16.4 Å². The zero-order chi connectivity index (χ0) is 29.1. The summed E-state index contributed by atoms with van der Waals surface area (Å²) in [4.78, 5) is 17.1. The van der Waals surface area contributed by atoms with Crippen LogP contribution in [0.1, 0.15) is 35.7 Å². The van der Waals surface area contributed by atoms with Gasteiger partial charge < -0.3 is 14.5 Å². The maximum atomic E-state index is 13.7. The van der Waals surface area contributed by atoms with Gasteiger partial charge in [-0.05, 0) is 74.1 Å². The van der Waals surface area contributed by atoms with Gasteiger partial charge in [0.15, 0.2) is 0 Å². The van der Waals surface area contributed by atoms with Gasteiger partial charge in [-0.2, -0.15) is 4.31 Å². The first kappa shape index (κ1) is 29.4. The number of carbonyl (C=O) groups excluding carboxylic acids is 1. The predicted molar refractivity (Wildman–Crippen MR) is 159 cm³/mol. The van der Waals surface area contributed by atoms with Crippen LogP contribution in [0.3, 0.4) is 0 Å². The standard InChI is InChI=1S/C31H35ClFN3O4S/c1-22-21-34(31(37)27-10-8-25(33)19-28(27)32)16-17-36(22)29-20-26(9-11-30(29)40-2)41(38,39)35-14-12-24(13-15-35)18-23-6-4-3-5-7-23/h3-11,19-20,22,24H,12-18,21H2,1-2H3/t22-/m0/s1. The number of carbonyl (C=O) groups is 1. The molecule has 0 radical (unpaired) electrons. The lowest BCUT2D eigenvalue weighted by atomic mass is 9.91. The molecule has 7 nitrogen and oxygen atoms in total. The van der Waals surface area contributed by atoms with Crippen LogP contribution in [0, 0.1) is 11.7 Å². The molecule has 10 heteroatoms. The van der Waals surface area contributed by atoms with E-state index in [9.17, 15) is 17.6 Å². The molecule has 2 aliphatic heterocycles. The Bertz CT molecular complexity index is 1500. The van der Waals surface area contributed by atoms with Gasteiger partial charge in [-0.3, -0.25) is 4.79 Å². The first-order valence-electron chi connectivity index (χ1n) is 13.9. The molecule has 0 aromatic heterocycles. The number of halogens is 2. The molecule has 3 aromatic carbocycles. The number of methoxy groups -OCH3 is 1. The number of hydrogen-bond donors (Lipinski definition) is 0. The number of piperazine rings is 1. The van der Waals surface area contributed by atoms with Crippen molar-refractivity contribution < 1.29 is 22.3 Å². The third kappa shape index (κ3) is 6.37. The molecular formula is C31H35ClFN3O4S. The number of ether oxygens (including phenoxy) is 1. The van der Waals surface area contributed by atoms with Gasteiger partial charge in [-0.15, -0.1) is 0 Å². The Morgan fingerprint density at radius 1 is 1.00 bits per heavy atom. The number of rotatable bonds is 7. The van der Waals surface area contributed by atoms with Gasteiger partial charge in [-0.25, -0.2) is 12.8 Å². The van der Waals surface area contributed by atoms with Gasteiger partial charge >= 0.3 is 0 Å². The zero-order valence-corrected chi connectivity index (χ0v) is 24.9. The fraction of sp³-hybridized carbons (Fsp3) is 0.387. The van der Waals surface area contributed by atoms with E-state index in [1.807, 2.05) is 25.1 Å². The predicted octanol–water partition coefficient (Wildman–Crippen LogP) is 5.48. The number of anilines is 1. The summed E-state index contributed by atoms with van der Waals surface area (Å²) in [7, 11) is -2.13. The lowest BCUT2D eigenvalue weighted by Gasteiger charge is -2.42. The van der Waals surface area contributed by atoms with Crippen LogP contribution >= 0.6 is 11.6 Å². The molecule has 218 valence electrons. The third-order valence-corrected chi connectivity index (χ3v) is 10.3. The van der Waals surface area contributed by atoms with Crippen molar-refractivity contribution in [3.05, 3.63) is 88.7 Å². The summed E-state index contributed by atoms with van der Waals surface area (Å²) >= 11 is 6.14. The number of hydrogen-bond acceptors (Lipinski definition) is 5. The molecule has 2 aliphatic rings. The Kier molecular flexibility index (Phi) is 8.87. The van der Waals surface area contributed by atoms with Crippen LogP contribution in [0.4, 0.5) is 10.1 Å². The molecule has 2 saturated heterocycles. The highest BCUT2D eigenvalue weighted by atomic mass is 35.5. The van der Waals surface area contributed by atoms with E-state index < -0.39 is 15.8 Å². The molecule has 0 N–H and O–H groups in total. The molecule has 41 heavy (non-hydrogen) atoms. The molecule has 0 bridgehead atoms. The van der Waals surface area contributed by atoms with Gasteiger partial charge in [0.05, 0.1) is 28.3 Å². The topological polar surface area (TPSA) is 70.2 Å². The van der Waals surface area contributed by atoms with Gasteiger partial charge in [-0.1, -0.05) is 41.9 Å². The largest absolute Gasteiger partial charge is 0.495 e. The number of nitrogens with zero attached hydrogens (tertiary/aromatic N) is 3. The quantitative estimate of drug-likeness (QED) is 0.360. The molecule has 2 heterocycles. The van der Waals surface area contributed by atoms with E-state index in [2.05, 4.69) is 17.0 Å². The number of benzene rings is 3. The van der Waals surface area contributed by atoms with Crippen LogP contribution in [0.25, 0.3) is 0 Å². The Morgan fingerprint density at radius 3 is 2.39 bits per heavy atom. The Labute approximate surface area is 246 Å². The van der Waals surface area contributed by atoms with Crippen molar-refractivity contribution in [2.24, 2.45) is 5.92 Å². The fourth-order valence-electron chi connectivity index (χ4n) is 5.84. The van der Waals surface area contributed by atoms with E-state index in [1.54, 1.807) is 34.5 Å². The van der Waals surface area contributed by atoms with Crippen molar-refractivity contribution in [1.29, 1.82) is 0 Å². The summed E-state index contributed by atoms with van der Waals surface area (Å²) < 4.78 is 48.1. The molecule has 0 aliphatic carbocycles. The Balaban J connectivity index is 1.29. The maximum absolute atomic E-state index is 13.7. The molecule has 0 spiro atoms. The van der Waals surface area contributed by atoms with E-state index in [0.29, 0.717) is 50.1 Å². The number of piperidine rings is 1. The lowest BCUT2D eigenvalue weighted by Crippen LogP contribution is -2.54. The second kappa shape index (κ2) is 12.4. The normalized spacial score (nSPS) is 18.9. The molecule has 0 unspecified atom stereocenters. The molecule has 2 fully saturated rings. The van der Waals surface area contributed by atoms with Crippen LogP contribution in [0.2, 0.25) is 5.02 Å². The fourth-order valence-corrected chi connectivity index (χ4v) is 7.58. The van der Waals surface area contributed by atoms with Crippen molar-refractivity contribution in [3.8, 4) is 5.75 Å². The molecule has 3 aromatic rings. The molecule has 0 saturated carbocycles. The lowest BCUT2D eigenvalue weighted by molar-refractivity contribution is 0.0726. The Morgan fingerprint density at radius 2 is 1.73 bits per heavy atom. The highest BCUT2D eigenvalue weighted by Gasteiger charge is 2.33. The SMILES string of the molecule is COc1ccc(S(=O)(=O)N2CCC(Cc3ccccc3)CC2)cc1N1CCN(C(=O)c2ccc(F)cc2Cl)C[C@@H]1C. The maximum Gasteiger partial charge on any atom is 0.255 e. The smallest absolute Gasteiger partial charge is 0.255 e. The average Bonchev–Trinajstić information content (AvgIpc) is 2.97. The highest BCUT2D eigenvalue weighted by molar-refractivity contribution is 7.89. The van der Waals surface area contributed by atoms with E-state index >= 15 is 0 Å². The number of amides is 1. The first-order valence-corrected chi connectivity index (χ1v) is 15.7. The van der Waals surface area contributed by atoms with E-state index in [4.69, 9.17) is 16.3 Å². The Hall–Kier alpha value is -3.14. The van der Waals surface area contributed by atoms with Crippen LogP contribution in [0.15, 0.2) is 71.6 Å². The van der Waals surface area contributed by atoms with E-state index in [0.717, 1.165) is 25.3 Å².